The first-order valence-electron chi connectivity index (χ1n) is 8.23. The molecule has 1 aliphatic heterocycles. The van der Waals surface area contributed by atoms with E-state index in [1.807, 2.05) is 18.2 Å². The summed E-state index contributed by atoms with van der Waals surface area (Å²) in [4.78, 5) is 23.2. The van der Waals surface area contributed by atoms with E-state index in [1.54, 1.807) is 19.4 Å². The zero-order valence-electron chi connectivity index (χ0n) is 14.1. The van der Waals surface area contributed by atoms with E-state index < -0.39 is 5.97 Å². The lowest BCUT2D eigenvalue weighted by atomic mass is 9.98. The summed E-state index contributed by atoms with van der Waals surface area (Å²) in [5.41, 5.74) is 2.24. The van der Waals surface area contributed by atoms with Crippen molar-refractivity contribution >= 4 is 23.5 Å². The summed E-state index contributed by atoms with van der Waals surface area (Å²) in [6.45, 7) is 2.63. The monoisotopic (exact) mass is 360 g/mol. The number of halogens is 1. The molecule has 0 amide bonds. The number of anilines is 1. The van der Waals surface area contributed by atoms with Crippen molar-refractivity contribution in [3.05, 3.63) is 52.8 Å². The highest BCUT2D eigenvalue weighted by Gasteiger charge is 2.25. The molecule has 0 radical (unpaired) electrons. The quantitative estimate of drug-likeness (QED) is 0.854. The van der Waals surface area contributed by atoms with Crippen LogP contribution in [-0.4, -0.2) is 52.6 Å². The van der Waals surface area contributed by atoms with Gasteiger partial charge in [0.1, 0.15) is 6.54 Å². The maximum absolute atomic E-state index is 10.7. The van der Waals surface area contributed by atoms with Gasteiger partial charge in [0.25, 0.3) is 0 Å². The van der Waals surface area contributed by atoms with Gasteiger partial charge in [0.15, 0.2) is 0 Å². The third-order valence-electron chi connectivity index (χ3n) is 4.43. The van der Waals surface area contributed by atoms with Crippen molar-refractivity contribution in [3.8, 4) is 0 Å². The topological polar surface area (TPSA) is 69.6 Å². The minimum atomic E-state index is -0.905. The van der Waals surface area contributed by atoms with Crippen LogP contribution in [0.4, 0.5) is 5.95 Å². The fourth-order valence-corrected chi connectivity index (χ4v) is 3.48. The average Bonchev–Trinajstić information content (AvgIpc) is 3.03. The average molecular weight is 361 g/mol. The van der Waals surface area contributed by atoms with Gasteiger partial charge in [0, 0.05) is 43.1 Å². The van der Waals surface area contributed by atoms with Crippen LogP contribution < -0.4 is 4.90 Å². The number of carbonyl (C=O) groups is 1. The number of hydrogen-bond acceptors (Lipinski definition) is 5. The molecule has 1 saturated heterocycles. The standard InChI is InChI=1S/C18H21ClN4O2/c1-22(12-17(24)25)18-20-8-13(9-21-18)10-23-7-6-14(11-23)15-4-2-3-5-16(15)19/h2-5,8-9,14H,6-7,10-12H2,1H3,(H,24,25)/t14-/m1/s1. The Morgan fingerprint density at radius 3 is 2.76 bits per heavy atom. The van der Waals surface area contributed by atoms with Gasteiger partial charge in [-0.1, -0.05) is 29.8 Å². The molecule has 25 heavy (non-hydrogen) atoms. The van der Waals surface area contributed by atoms with Gasteiger partial charge in [-0.2, -0.15) is 0 Å². The van der Waals surface area contributed by atoms with Gasteiger partial charge in [-0.05, 0) is 30.5 Å². The van der Waals surface area contributed by atoms with Crippen molar-refractivity contribution in [2.75, 3.05) is 31.6 Å². The molecule has 6 nitrogen and oxygen atoms in total. The number of carboxylic acid groups (broad SMARTS) is 1. The summed E-state index contributed by atoms with van der Waals surface area (Å²) >= 11 is 6.31. The molecule has 1 aromatic carbocycles. The van der Waals surface area contributed by atoms with E-state index >= 15 is 0 Å². The first-order chi connectivity index (χ1) is 12.0. The van der Waals surface area contributed by atoms with E-state index in [9.17, 15) is 4.79 Å². The maximum Gasteiger partial charge on any atom is 0.323 e. The number of likely N-dealkylation sites (N-methyl/N-ethyl adjacent to an activating group) is 1. The summed E-state index contributed by atoms with van der Waals surface area (Å²) in [7, 11) is 1.66. The van der Waals surface area contributed by atoms with Crippen LogP contribution in [0.3, 0.4) is 0 Å². The molecule has 0 unspecified atom stereocenters. The van der Waals surface area contributed by atoms with Crippen LogP contribution >= 0.6 is 11.6 Å². The Morgan fingerprint density at radius 2 is 2.08 bits per heavy atom. The van der Waals surface area contributed by atoms with E-state index in [0.717, 1.165) is 36.6 Å². The Morgan fingerprint density at radius 1 is 1.36 bits per heavy atom. The molecular formula is C18H21ClN4O2. The van der Waals surface area contributed by atoms with E-state index in [2.05, 4.69) is 20.9 Å². The smallest absolute Gasteiger partial charge is 0.323 e. The van der Waals surface area contributed by atoms with Crippen molar-refractivity contribution in [3.63, 3.8) is 0 Å². The van der Waals surface area contributed by atoms with Gasteiger partial charge in [-0.3, -0.25) is 9.69 Å². The predicted octanol–water partition coefficient (Wildman–Crippen LogP) is 2.64. The van der Waals surface area contributed by atoms with E-state index in [-0.39, 0.29) is 6.54 Å². The zero-order chi connectivity index (χ0) is 17.8. The van der Waals surface area contributed by atoms with Crippen LogP contribution in [0.25, 0.3) is 0 Å². The molecule has 2 aromatic rings. The lowest BCUT2D eigenvalue weighted by Gasteiger charge is -2.18. The molecule has 7 heteroatoms. The van der Waals surface area contributed by atoms with Gasteiger partial charge < -0.3 is 10.0 Å². The second-order valence-corrected chi connectivity index (χ2v) is 6.79. The summed E-state index contributed by atoms with van der Waals surface area (Å²) in [5.74, 6) is -0.0324. The summed E-state index contributed by atoms with van der Waals surface area (Å²) in [5, 5.41) is 9.65. The molecular weight excluding hydrogens is 340 g/mol. The Labute approximate surface area is 152 Å². The minimum absolute atomic E-state index is 0.120. The Hall–Kier alpha value is -2.18. The highest BCUT2D eigenvalue weighted by atomic mass is 35.5. The summed E-state index contributed by atoms with van der Waals surface area (Å²) in [6, 6.07) is 8.04. The van der Waals surface area contributed by atoms with Crippen LogP contribution in [0.2, 0.25) is 5.02 Å². The van der Waals surface area contributed by atoms with Gasteiger partial charge in [0.2, 0.25) is 5.95 Å². The van der Waals surface area contributed by atoms with Gasteiger partial charge in [-0.25, -0.2) is 9.97 Å². The first-order valence-corrected chi connectivity index (χ1v) is 8.61. The fraction of sp³-hybridized carbons (Fsp3) is 0.389. The Balaban J connectivity index is 1.58. The van der Waals surface area contributed by atoms with Crippen LogP contribution in [0.1, 0.15) is 23.5 Å². The van der Waals surface area contributed by atoms with E-state index in [1.165, 1.54) is 10.5 Å². The second-order valence-electron chi connectivity index (χ2n) is 6.38. The molecule has 3 rings (SSSR count). The molecule has 0 bridgehead atoms. The number of likely N-dealkylation sites (tertiary alicyclic amines) is 1. The lowest BCUT2D eigenvalue weighted by Crippen LogP contribution is -2.27. The molecule has 1 aromatic heterocycles. The molecule has 1 fully saturated rings. The third kappa shape index (κ3) is 4.46. The summed E-state index contributed by atoms with van der Waals surface area (Å²) in [6.07, 6.45) is 4.62. The van der Waals surface area contributed by atoms with Gasteiger partial charge in [0.05, 0.1) is 0 Å². The van der Waals surface area contributed by atoms with Crippen molar-refractivity contribution < 1.29 is 9.90 Å². The fourth-order valence-electron chi connectivity index (χ4n) is 3.19. The largest absolute Gasteiger partial charge is 0.480 e. The number of benzene rings is 1. The zero-order valence-corrected chi connectivity index (χ0v) is 14.9. The Kier molecular flexibility index (Phi) is 5.50. The molecule has 1 aliphatic rings. The van der Waals surface area contributed by atoms with Crippen LogP contribution in [0.15, 0.2) is 36.7 Å². The van der Waals surface area contributed by atoms with Crippen molar-refractivity contribution in [1.82, 2.24) is 14.9 Å². The third-order valence-corrected chi connectivity index (χ3v) is 4.77. The van der Waals surface area contributed by atoms with Gasteiger partial charge in [-0.15, -0.1) is 0 Å². The first kappa shape index (κ1) is 17.6. The van der Waals surface area contributed by atoms with Gasteiger partial charge >= 0.3 is 5.97 Å². The molecule has 0 aliphatic carbocycles. The molecule has 0 saturated carbocycles. The second kappa shape index (κ2) is 7.80. The Bertz CT molecular complexity index is 738. The number of carboxylic acids is 1. The minimum Gasteiger partial charge on any atom is -0.480 e. The van der Waals surface area contributed by atoms with Crippen molar-refractivity contribution in [2.45, 2.75) is 18.9 Å². The highest BCUT2D eigenvalue weighted by Crippen LogP contribution is 2.32. The van der Waals surface area contributed by atoms with Crippen LogP contribution in [0.5, 0.6) is 0 Å². The van der Waals surface area contributed by atoms with Crippen molar-refractivity contribution in [2.24, 2.45) is 0 Å². The number of nitrogens with zero attached hydrogens (tertiary/aromatic N) is 4. The maximum atomic E-state index is 10.7. The number of hydrogen-bond donors (Lipinski definition) is 1. The van der Waals surface area contributed by atoms with E-state index in [0.29, 0.717) is 11.9 Å². The molecule has 1 N–H and O–H groups in total. The molecule has 132 valence electrons. The number of rotatable bonds is 6. The summed E-state index contributed by atoms with van der Waals surface area (Å²) < 4.78 is 0. The van der Waals surface area contributed by atoms with E-state index in [4.69, 9.17) is 16.7 Å². The lowest BCUT2D eigenvalue weighted by molar-refractivity contribution is -0.135. The van der Waals surface area contributed by atoms with Crippen LogP contribution in [-0.2, 0) is 11.3 Å². The predicted molar refractivity (Wildman–Crippen MR) is 97.0 cm³/mol. The highest BCUT2D eigenvalue weighted by molar-refractivity contribution is 6.31. The molecule has 0 spiro atoms. The SMILES string of the molecule is CN(CC(=O)O)c1ncc(CN2CC[C@@H](c3ccccc3Cl)C2)cn1. The molecule has 1 atom stereocenters. The number of aromatic nitrogens is 2. The van der Waals surface area contributed by atoms with Crippen LogP contribution in [0, 0.1) is 0 Å². The number of aliphatic carboxylic acids is 1. The van der Waals surface area contributed by atoms with Crippen molar-refractivity contribution in [1.29, 1.82) is 0 Å². The molecule has 2 heterocycles. The normalized spacial score (nSPS) is 17.6.